The Kier molecular flexibility index (Phi) is 6.50. The normalized spacial score (nSPS) is 10.5. The van der Waals surface area contributed by atoms with Crippen LogP contribution in [-0.4, -0.2) is 42.0 Å². The minimum Gasteiger partial charge on any atom is -0.385 e. The van der Waals surface area contributed by atoms with Crippen LogP contribution >= 0.6 is 0 Å². The van der Waals surface area contributed by atoms with E-state index in [1.165, 1.54) is 6.07 Å². The highest BCUT2D eigenvalue weighted by Crippen LogP contribution is 2.08. The van der Waals surface area contributed by atoms with Gasteiger partial charge in [0.1, 0.15) is 5.82 Å². The van der Waals surface area contributed by atoms with Gasteiger partial charge in [-0.2, -0.15) is 10.1 Å². The van der Waals surface area contributed by atoms with Crippen LogP contribution in [0.15, 0.2) is 30.5 Å². The van der Waals surface area contributed by atoms with Crippen LogP contribution in [-0.2, 0) is 11.2 Å². The molecule has 0 radical (unpaired) electrons. The number of rotatable bonds is 9. The first kappa shape index (κ1) is 16.1. The molecule has 0 fully saturated rings. The summed E-state index contributed by atoms with van der Waals surface area (Å²) in [6.07, 6.45) is 2.99. The molecule has 0 unspecified atom stereocenters. The number of aromatic nitrogens is 3. The van der Waals surface area contributed by atoms with E-state index < -0.39 is 0 Å². The van der Waals surface area contributed by atoms with Crippen molar-refractivity contribution in [1.82, 2.24) is 15.2 Å². The van der Waals surface area contributed by atoms with Crippen molar-refractivity contribution >= 4 is 11.8 Å². The number of anilines is 2. The van der Waals surface area contributed by atoms with Crippen LogP contribution in [0.5, 0.6) is 0 Å². The van der Waals surface area contributed by atoms with Gasteiger partial charge >= 0.3 is 0 Å². The summed E-state index contributed by atoms with van der Waals surface area (Å²) in [5.74, 6) is 0.887. The van der Waals surface area contributed by atoms with E-state index in [1.807, 2.05) is 6.07 Å². The van der Waals surface area contributed by atoms with Gasteiger partial charge in [-0.05, 0) is 24.5 Å². The van der Waals surface area contributed by atoms with E-state index in [9.17, 15) is 4.39 Å². The molecule has 2 rings (SSSR count). The van der Waals surface area contributed by atoms with E-state index in [0.29, 0.717) is 43.4 Å². The van der Waals surface area contributed by atoms with Crippen molar-refractivity contribution in [3.63, 3.8) is 0 Å². The summed E-state index contributed by atoms with van der Waals surface area (Å²) in [5.41, 5.74) is 0.676. The zero-order valence-electron chi connectivity index (χ0n) is 12.6. The summed E-state index contributed by atoms with van der Waals surface area (Å²) in [5, 5.41) is 14.0. The number of hydrogen-bond acceptors (Lipinski definition) is 6. The number of ether oxygens (including phenoxy) is 1. The molecule has 0 atom stereocenters. The standard InChI is InChI=1S/C15H20FN5O/c1-22-10-4-8-18-15-20-14(11-19-21-15)17-9-7-12-5-2-3-6-13(12)16/h2-3,5-6,11H,4,7-10H2,1H3,(H2,17,18,20,21). The molecule has 0 spiro atoms. The van der Waals surface area contributed by atoms with Crippen LogP contribution < -0.4 is 10.6 Å². The van der Waals surface area contributed by atoms with Gasteiger partial charge in [0.05, 0.1) is 6.20 Å². The summed E-state index contributed by atoms with van der Waals surface area (Å²) in [6.45, 7) is 1.97. The molecular weight excluding hydrogens is 285 g/mol. The van der Waals surface area contributed by atoms with Gasteiger partial charge in [-0.15, -0.1) is 5.10 Å². The smallest absolute Gasteiger partial charge is 0.244 e. The van der Waals surface area contributed by atoms with Crippen LogP contribution in [0.4, 0.5) is 16.2 Å². The molecule has 1 aromatic heterocycles. The fourth-order valence-electron chi connectivity index (χ4n) is 1.91. The fourth-order valence-corrected chi connectivity index (χ4v) is 1.91. The third kappa shape index (κ3) is 5.25. The third-order valence-corrected chi connectivity index (χ3v) is 3.03. The van der Waals surface area contributed by atoms with Crippen molar-refractivity contribution < 1.29 is 9.13 Å². The van der Waals surface area contributed by atoms with E-state index in [2.05, 4.69) is 25.8 Å². The Balaban J connectivity index is 1.79. The van der Waals surface area contributed by atoms with Gasteiger partial charge in [0.2, 0.25) is 5.95 Å². The maximum atomic E-state index is 13.5. The number of hydrogen-bond donors (Lipinski definition) is 2. The van der Waals surface area contributed by atoms with E-state index in [1.54, 1.807) is 25.4 Å². The zero-order chi connectivity index (χ0) is 15.6. The van der Waals surface area contributed by atoms with Crippen molar-refractivity contribution in [2.75, 3.05) is 37.4 Å². The molecular formula is C15H20FN5O. The second-order valence-electron chi connectivity index (χ2n) is 4.71. The Labute approximate surface area is 129 Å². The molecule has 1 heterocycles. The molecule has 0 aliphatic heterocycles. The summed E-state index contributed by atoms with van der Waals surface area (Å²) in [4.78, 5) is 4.29. The molecule has 0 aliphatic carbocycles. The predicted molar refractivity (Wildman–Crippen MR) is 83.4 cm³/mol. The van der Waals surface area contributed by atoms with Crippen molar-refractivity contribution in [3.05, 3.63) is 41.8 Å². The summed E-state index contributed by atoms with van der Waals surface area (Å²) in [6, 6.07) is 6.75. The first-order valence-electron chi connectivity index (χ1n) is 7.19. The molecule has 0 aliphatic rings. The highest BCUT2D eigenvalue weighted by Gasteiger charge is 2.02. The minimum absolute atomic E-state index is 0.189. The van der Waals surface area contributed by atoms with Crippen molar-refractivity contribution in [3.8, 4) is 0 Å². The predicted octanol–water partition coefficient (Wildman–Crippen LogP) is 2.11. The lowest BCUT2D eigenvalue weighted by molar-refractivity contribution is 0.197. The average Bonchev–Trinajstić information content (AvgIpc) is 2.54. The molecule has 1 aromatic carbocycles. The van der Waals surface area contributed by atoms with E-state index in [-0.39, 0.29) is 5.82 Å². The van der Waals surface area contributed by atoms with Gasteiger partial charge in [-0.1, -0.05) is 18.2 Å². The number of methoxy groups -OCH3 is 1. The molecule has 7 heteroatoms. The van der Waals surface area contributed by atoms with Crippen LogP contribution in [0.3, 0.4) is 0 Å². The molecule has 0 saturated carbocycles. The van der Waals surface area contributed by atoms with Crippen molar-refractivity contribution in [1.29, 1.82) is 0 Å². The highest BCUT2D eigenvalue weighted by molar-refractivity contribution is 5.37. The van der Waals surface area contributed by atoms with E-state index in [0.717, 1.165) is 6.42 Å². The highest BCUT2D eigenvalue weighted by atomic mass is 19.1. The summed E-state index contributed by atoms with van der Waals surface area (Å²) >= 11 is 0. The van der Waals surface area contributed by atoms with Gasteiger partial charge in [-0.25, -0.2) is 4.39 Å². The monoisotopic (exact) mass is 305 g/mol. The molecule has 22 heavy (non-hydrogen) atoms. The molecule has 0 saturated heterocycles. The SMILES string of the molecule is COCCCNc1nncc(NCCc2ccccc2F)n1. The lowest BCUT2D eigenvalue weighted by Crippen LogP contribution is -2.12. The van der Waals surface area contributed by atoms with Gasteiger partial charge < -0.3 is 15.4 Å². The maximum Gasteiger partial charge on any atom is 0.244 e. The number of nitrogens with zero attached hydrogens (tertiary/aromatic N) is 3. The molecule has 6 nitrogen and oxygen atoms in total. The molecule has 2 aromatic rings. The second kappa shape index (κ2) is 8.89. The summed E-state index contributed by atoms with van der Waals surface area (Å²) in [7, 11) is 1.66. The maximum absolute atomic E-state index is 13.5. The Morgan fingerprint density at radius 1 is 1.18 bits per heavy atom. The number of nitrogens with one attached hydrogen (secondary N) is 2. The Morgan fingerprint density at radius 3 is 2.86 bits per heavy atom. The average molecular weight is 305 g/mol. The molecule has 0 amide bonds. The van der Waals surface area contributed by atoms with Crippen molar-refractivity contribution in [2.45, 2.75) is 12.8 Å². The molecule has 118 valence electrons. The Bertz CT molecular complexity index is 581. The first-order chi connectivity index (χ1) is 10.8. The lowest BCUT2D eigenvalue weighted by atomic mass is 10.1. The van der Waals surface area contributed by atoms with Crippen LogP contribution in [0, 0.1) is 5.82 Å². The topological polar surface area (TPSA) is 72.0 Å². The number of benzene rings is 1. The van der Waals surface area contributed by atoms with Crippen molar-refractivity contribution in [2.24, 2.45) is 0 Å². The van der Waals surface area contributed by atoms with Crippen LogP contribution in [0.1, 0.15) is 12.0 Å². The third-order valence-electron chi connectivity index (χ3n) is 3.03. The van der Waals surface area contributed by atoms with Gasteiger partial charge in [0.25, 0.3) is 0 Å². The van der Waals surface area contributed by atoms with Crippen LogP contribution in [0.25, 0.3) is 0 Å². The zero-order valence-corrected chi connectivity index (χ0v) is 12.6. The van der Waals surface area contributed by atoms with Gasteiger partial charge in [-0.3, -0.25) is 0 Å². The summed E-state index contributed by atoms with van der Waals surface area (Å²) < 4.78 is 18.5. The van der Waals surface area contributed by atoms with Gasteiger partial charge in [0.15, 0.2) is 5.82 Å². The second-order valence-corrected chi connectivity index (χ2v) is 4.71. The fraction of sp³-hybridized carbons (Fsp3) is 0.400. The lowest BCUT2D eigenvalue weighted by Gasteiger charge is -2.08. The largest absolute Gasteiger partial charge is 0.385 e. The minimum atomic E-state index is -0.189. The number of halogens is 1. The quantitative estimate of drug-likeness (QED) is 0.691. The first-order valence-corrected chi connectivity index (χ1v) is 7.19. The van der Waals surface area contributed by atoms with E-state index >= 15 is 0 Å². The van der Waals surface area contributed by atoms with E-state index in [4.69, 9.17) is 4.74 Å². The Morgan fingerprint density at radius 2 is 2.05 bits per heavy atom. The van der Waals surface area contributed by atoms with Crippen LogP contribution in [0.2, 0.25) is 0 Å². The molecule has 2 N–H and O–H groups in total. The molecule has 0 bridgehead atoms. The Hall–Kier alpha value is -2.28. The van der Waals surface area contributed by atoms with Gasteiger partial charge in [0, 0.05) is 26.8 Å².